The summed E-state index contributed by atoms with van der Waals surface area (Å²) in [5.41, 5.74) is 2.53. The molecule has 2 nitrogen and oxygen atoms in total. The van der Waals surface area contributed by atoms with Crippen molar-refractivity contribution in [2.75, 3.05) is 0 Å². The van der Waals surface area contributed by atoms with Crippen molar-refractivity contribution in [1.29, 1.82) is 0 Å². The third-order valence-corrected chi connectivity index (χ3v) is 3.09. The molecule has 1 atom stereocenters. The average Bonchev–Trinajstić information content (AvgIpc) is 2.17. The number of benzene rings is 1. The van der Waals surface area contributed by atoms with Crippen LogP contribution >= 0.6 is 0 Å². The molecule has 0 bridgehead atoms. The lowest BCUT2D eigenvalue weighted by Crippen LogP contribution is -2.40. The van der Waals surface area contributed by atoms with Crippen molar-refractivity contribution >= 4 is 0 Å². The molecule has 1 aliphatic rings. The van der Waals surface area contributed by atoms with E-state index in [1.165, 1.54) is 5.56 Å². The second-order valence-corrected chi connectivity index (χ2v) is 5.68. The van der Waals surface area contributed by atoms with E-state index in [0.29, 0.717) is 11.8 Å². The molecule has 0 saturated carbocycles. The Balaban J connectivity index is 2.30. The second kappa shape index (κ2) is 4.10. The first-order chi connectivity index (χ1) is 7.47. The number of phenolic OH excluding ortho intramolecular Hbond substituents is 1. The van der Waals surface area contributed by atoms with Gasteiger partial charge in [0.15, 0.2) is 0 Å². The van der Waals surface area contributed by atoms with Crippen LogP contribution in [0.5, 0.6) is 5.75 Å². The summed E-state index contributed by atoms with van der Waals surface area (Å²) < 4.78 is 0. The van der Waals surface area contributed by atoms with Gasteiger partial charge in [-0.25, -0.2) is 0 Å². The third kappa shape index (κ3) is 2.38. The van der Waals surface area contributed by atoms with E-state index in [1.54, 1.807) is 6.07 Å². The molecular weight excluding hydrogens is 198 g/mol. The fraction of sp³-hybridized carbons (Fsp3) is 0.571. The van der Waals surface area contributed by atoms with Gasteiger partial charge in [-0.15, -0.1) is 0 Å². The van der Waals surface area contributed by atoms with Crippen LogP contribution in [0.15, 0.2) is 18.2 Å². The number of aromatic hydroxyl groups is 1. The standard InChI is InChI=1S/C14H21NO/c1-14(2,3)15-12-8-4-7-11-10(12)6-5-9-13(11)16/h5-6,9,12,15-16H,4,7-8H2,1-3H3. The lowest BCUT2D eigenvalue weighted by atomic mass is 9.86. The van der Waals surface area contributed by atoms with Gasteiger partial charge in [0.2, 0.25) is 0 Å². The quantitative estimate of drug-likeness (QED) is 0.760. The van der Waals surface area contributed by atoms with Gasteiger partial charge in [-0.1, -0.05) is 12.1 Å². The van der Waals surface area contributed by atoms with Crippen LogP contribution in [-0.2, 0) is 6.42 Å². The highest BCUT2D eigenvalue weighted by atomic mass is 16.3. The number of hydrogen-bond acceptors (Lipinski definition) is 2. The molecule has 1 aliphatic carbocycles. The maximum atomic E-state index is 9.84. The summed E-state index contributed by atoms with van der Waals surface area (Å²) in [6.07, 6.45) is 3.32. The van der Waals surface area contributed by atoms with Crippen LogP contribution in [0.25, 0.3) is 0 Å². The summed E-state index contributed by atoms with van der Waals surface area (Å²) in [6.45, 7) is 6.55. The summed E-state index contributed by atoms with van der Waals surface area (Å²) in [5, 5.41) is 13.5. The van der Waals surface area contributed by atoms with E-state index < -0.39 is 0 Å². The molecule has 0 amide bonds. The van der Waals surface area contributed by atoms with Crippen molar-refractivity contribution in [3.05, 3.63) is 29.3 Å². The molecule has 0 fully saturated rings. The molecule has 0 radical (unpaired) electrons. The fourth-order valence-corrected chi connectivity index (χ4v) is 2.50. The predicted octanol–water partition coefficient (Wildman–Crippen LogP) is 3.16. The molecule has 1 aromatic carbocycles. The van der Waals surface area contributed by atoms with Gasteiger partial charge in [-0.05, 0) is 57.2 Å². The predicted molar refractivity (Wildman–Crippen MR) is 66.7 cm³/mol. The molecule has 2 rings (SSSR count). The van der Waals surface area contributed by atoms with E-state index in [0.717, 1.165) is 24.8 Å². The van der Waals surface area contributed by atoms with Crippen LogP contribution in [0.1, 0.15) is 50.8 Å². The van der Waals surface area contributed by atoms with Gasteiger partial charge < -0.3 is 10.4 Å². The zero-order chi connectivity index (χ0) is 11.8. The summed E-state index contributed by atoms with van der Waals surface area (Å²) >= 11 is 0. The van der Waals surface area contributed by atoms with Crippen molar-refractivity contribution in [2.45, 2.75) is 51.6 Å². The first-order valence-electron chi connectivity index (χ1n) is 6.06. The van der Waals surface area contributed by atoms with Gasteiger partial charge in [-0.2, -0.15) is 0 Å². The molecule has 16 heavy (non-hydrogen) atoms. The van der Waals surface area contributed by atoms with Crippen LogP contribution in [0.4, 0.5) is 0 Å². The molecular formula is C14H21NO. The van der Waals surface area contributed by atoms with Crippen LogP contribution in [-0.4, -0.2) is 10.6 Å². The Bertz CT molecular complexity index is 379. The lowest BCUT2D eigenvalue weighted by Gasteiger charge is -2.33. The zero-order valence-electron chi connectivity index (χ0n) is 10.4. The minimum Gasteiger partial charge on any atom is -0.508 e. The number of phenols is 1. The van der Waals surface area contributed by atoms with Gasteiger partial charge in [0.25, 0.3) is 0 Å². The van der Waals surface area contributed by atoms with Crippen LogP contribution in [0.3, 0.4) is 0 Å². The second-order valence-electron chi connectivity index (χ2n) is 5.68. The van der Waals surface area contributed by atoms with E-state index in [9.17, 15) is 5.11 Å². The lowest BCUT2D eigenvalue weighted by molar-refractivity contribution is 0.333. The molecule has 0 aliphatic heterocycles. The van der Waals surface area contributed by atoms with E-state index in [4.69, 9.17) is 0 Å². The van der Waals surface area contributed by atoms with E-state index in [-0.39, 0.29) is 5.54 Å². The largest absolute Gasteiger partial charge is 0.508 e. The molecule has 0 heterocycles. The maximum absolute atomic E-state index is 9.84. The highest BCUT2D eigenvalue weighted by Gasteiger charge is 2.25. The molecule has 0 saturated heterocycles. The van der Waals surface area contributed by atoms with Gasteiger partial charge >= 0.3 is 0 Å². The number of fused-ring (bicyclic) bond motifs is 1. The normalized spacial score (nSPS) is 20.6. The topological polar surface area (TPSA) is 32.3 Å². The zero-order valence-corrected chi connectivity index (χ0v) is 10.4. The number of nitrogens with one attached hydrogen (secondary N) is 1. The Hall–Kier alpha value is -1.02. The van der Waals surface area contributed by atoms with Gasteiger partial charge in [0, 0.05) is 11.6 Å². The Morgan fingerprint density at radius 2 is 2.06 bits per heavy atom. The molecule has 88 valence electrons. The molecule has 1 aromatic rings. The minimum absolute atomic E-state index is 0.116. The highest BCUT2D eigenvalue weighted by molar-refractivity contribution is 5.42. The number of hydrogen-bond donors (Lipinski definition) is 2. The maximum Gasteiger partial charge on any atom is 0.119 e. The summed E-state index contributed by atoms with van der Waals surface area (Å²) in [4.78, 5) is 0. The van der Waals surface area contributed by atoms with E-state index >= 15 is 0 Å². The molecule has 2 N–H and O–H groups in total. The summed E-state index contributed by atoms with van der Waals surface area (Å²) in [6, 6.07) is 6.25. The third-order valence-electron chi connectivity index (χ3n) is 3.09. The van der Waals surface area contributed by atoms with E-state index in [1.807, 2.05) is 6.07 Å². The van der Waals surface area contributed by atoms with Gasteiger partial charge in [0.1, 0.15) is 5.75 Å². The SMILES string of the molecule is CC(C)(C)NC1CCCc2c(O)cccc21. The highest BCUT2D eigenvalue weighted by Crippen LogP contribution is 2.35. The first-order valence-corrected chi connectivity index (χ1v) is 6.06. The van der Waals surface area contributed by atoms with Crippen molar-refractivity contribution in [3.8, 4) is 5.75 Å². The Kier molecular flexibility index (Phi) is 2.94. The number of rotatable bonds is 1. The van der Waals surface area contributed by atoms with Gasteiger partial charge in [-0.3, -0.25) is 0 Å². The first kappa shape index (κ1) is 11.5. The molecule has 1 unspecified atom stereocenters. The molecule has 2 heteroatoms. The van der Waals surface area contributed by atoms with Crippen molar-refractivity contribution in [1.82, 2.24) is 5.32 Å². The smallest absolute Gasteiger partial charge is 0.119 e. The molecule has 0 aromatic heterocycles. The van der Waals surface area contributed by atoms with Crippen LogP contribution in [0, 0.1) is 0 Å². The average molecular weight is 219 g/mol. The van der Waals surface area contributed by atoms with Crippen LogP contribution in [0.2, 0.25) is 0 Å². The minimum atomic E-state index is 0.116. The summed E-state index contributed by atoms with van der Waals surface area (Å²) in [5.74, 6) is 0.456. The Labute approximate surface area is 97.7 Å². The van der Waals surface area contributed by atoms with Crippen molar-refractivity contribution in [2.24, 2.45) is 0 Å². The Morgan fingerprint density at radius 1 is 1.31 bits per heavy atom. The van der Waals surface area contributed by atoms with Gasteiger partial charge in [0.05, 0.1) is 0 Å². The monoisotopic (exact) mass is 219 g/mol. The van der Waals surface area contributed by atoms with Crippen LogP contribution < -0.4 is 5.32 Å². The Morgan fingerprint density at radius 3 is 2.75 bits per heavy atom. The van der Waals surface area contributed by atoms with Crippen molar-refractivity contribution < 1.29 is 5.11 Å². The van der Waals surface area contributed by atoms with Crippen molar-refractivity contribution in [3.63, 3.8) is 0 Å². The fourth-order valence-electron chi connectivity index (χ4n) is 2.50. The van der Waals surface area contributed by atoms with E-state index in [2.05, 4.69) is 32.2 Å². The molecule has 0 spiro atoms. The summed E-state index contributed by atoms with van der Waals surface area (Å²) in [7, 11) is 0.